The zero-order valence-electron chi connectivity index (χ0n) is 9.47. The van der Waals surface area contributed by atoms with Crippen molar-refractivity contribution in [3.05, 3.63) is 16.2 Å². The third kappa shape index (κ3) is 4.53. The van der Waals surface area contributed by atoms with E-state index in [9.17, 15) is 0 Å². The van der Waals surface area contributed by atoms with E-state index in [0.29, 0.717) is 0 Å². The Balaban J connectivity index is 0.000000165. The van der Waals surface area contributed by atoms with Crippen LogP contribution >= 0.6 is 45.7 Å². The van der Waals surface area contributed by atoms with Gasteiger partial charge in [-0.1, -0.05) is 6.42 Å². The van der Waals surface area contributed by atoms with Gasteiger partial charge < -0.3 is 0 Å². The maximum Gasteiger partial charge on any atom is 0.0311 e. The van der Waals surface area contributed by atoms with Gasteiger partial charge in [-0.15, -0.1) is 0 Å². The fourth-order valence-electron chi connectivity index (χ4n) is 1.30. The Morgan fingerprint density at radius 3 is 2.19 bits per heavy atom. The number of hydrogen-bond donors (Lipinski definition) is 0. The normalized spacial score (nSPS) is 15.7. The first kappa shape index (κ1) is 15.4. The summed E-state index contributed by atoms with van der Waals surface area (Å²) in [6, 6.07) is 0.890. The van der Waals surface area contributed by atoms with Crippen molar-refractivity contribution < 1.29 is 19.4 Å². The van der Waals surface area contributed by atoms with Gasteiger partial charge in [0.2, 0.25) is 0 Å². The monoisotopic (exact) mass is 628 g/mol. The molecule has 0 amide bonds. The first-order chi connectivity index (χ1) is 7.56. The molecule has 16 heavy (non-hydrogen) atoms. The van der Waals surface area contributed by atoms with E-state index < -0.39 is 0 Å². The number of rotatable bonds is 2. The Morgan fingerprint density at radius 2 is 2.06 bits per heavy atom. The average Bonchev–Trinajstić information content (AvgIpc) is 2.44. The molecule has 96 valence electrons. The van der Waals surface area contributed by atoms with Crippen LogP contribution in [0.2, 0.25) is 0 Å². The molecule has 0 unspecified atom stereocenters. The van der Waals surface area contributed by atoms with Gasteiger partial charge in [0.25, 0.3) is 0 Å². The minimum absolute atomic E-state index is 0.890. The Hall–Kier alpha value is 1.32. The van der Waals surface area contributed by atoms with Gasteiger partial charge in [-0.05, 0) is 12.8 Å². The molecule has 0 atom stereocenters. The second kappa shape index (κ2) is 7.69. The molecule has 1 heterocycles. The van der Waals surface area contributed by atoms with Crippen molar-refractivity contribution in [2.75, 3.05) is 0 Å². The SMILES string of the molecule is CCn1ccn(C)[c]1=[Pt].IN(I)C1CCC1. The first-order valence-corrected chi connectivity index (χ1v) is 8.40. The van der Waals surface area contributed by atoms with E-state index >= 15 is 0 Å². The molecule has 0 spiro atoms. The number of hydrogen-bond acceptors (Lipinski definition) is 1. The summed E-state index contributed by atoms with van der Waals surface area (Å²) in [5.41, 5.74) is 0. The molecule has 6 heteroatoms. The summed E-state index contributed by atoms with van der Waals surface area (Å²) in [7, 11) is 2.05. The Kier molecular flexibility index (Phi) is 7.39. The van der Waals surface area contributed by atoms with Gasteiger partial charge in [-0.25, -0.2) is 0 Å². The van der Waals surface area contributed by atoms with E-state index in [0.717, 1.165) is 12.6 Å². The number of aryl methyl sites for hydroxylation is 2. The predicted octanol–water partition coefficient (Wildman–Crippen LogP) is 3.47. The van der Waals surface area contributed by atoms with E-state index in [-0.39, 0.29) is 0 Å². The zero-order valence-corrected chi connectivity index (χ0v) is 16.1. The van der Waals surface area contributed by atoms with Crippen LogP contribution < -0.4 is 0 Å². The van der Waals surface area contributed by atoms with E-state index in [2.05, 4.69) is 102 Å². The van der Waals surface area contributed by atoms with Crippen molar-refractivity contribution in [1.29, 1.82) is 0 Å². The van der Waals surface area contributed by atoms with E-state index in [1.807, 2.05) is 0 Å². The second-order valence-electron chi connectivity index (χ2n) is 3.78. The van der Waals surface area contributed by atoms with Gasteiger partial charge in [0.05, 0.1) is 0 Å². The molecule has 2 rings (SSSR count). The quantitative estimate of drug-likeness (QED) is 0.362. The van der Waals surface area contributed by atoms with Crippen LogP contribution in [0, 0.1) is 3.80 Å². The molecule has 0 aliphatic heterocycles. The van der Waals surface area contributed by atoms with Gasteiger partial charge >= 0.3 is 65.2 Å². The summed E-state index contributed by atoms with van der Waals surface area (Å²) in [5.74, 6) is 0. The summed E-state index contributed by atoms with van der Waals surface area (Å²) in [6.45, 7) is 3.20. The van der Waals surface area contributed by atoms with E-state index in [1.54, 1.807) is 0 Å². The number of halogens is 2. The molecule has 0 aromatic carbocycles. The number of nitrogens with zero attached hydrogens (tertiary/aromatic N) is 3. The standard InChI is InChI=1S/C6H10N2.C4H7I2N.Pt/c1-3-8-5-4-7(2)6-8;5-7(6)4-2-1-3-4;/h4-5H,3H2,1-2H3;4H,1-3H2;. The zero-order chi connectivity index (χ0) is 12.1. The number of imidazole rings is 1. The van der Waals surface area contributed by atoms with Crippen molar-refractivity contribution in [3.63, 3.8) is 0 Å². The summed E-state index contributed by atoms with van der Waals surface area (Å²) >= 11 is 6.99. The van der Waals surface area contributed by atoms with Crippen molar-refractivity contribution >= 4 is 45.7 Å². The van der Waals surface area contributed by atoms with Crippen LogP contribution in [-0.4, -0.2) is 16.5 Å². The molecule has 1 saturated carbocycles. The maximum atomic E-state index is 2.34. The van der Waals surface area contributed by atoms with Crippen molar-refractivity contribution in [1.82, 2.24) is 10.5 Å². The van der Waals surface area contributed by atoms with Crippen LogP contribution in [-0.2, 0) is 32.9 Å². The molecule has 1 aromatic heterocycles. The Morgan fingerprint density at radius 1 is 1.44 bits per heavy atom. The minimum atomic E-state index is 0.890. The molecule has 1 aromatic rings. The molecular weight excluding hydrogens is 611 g/mol. The fourth-order valence-corrected chi connectivity index (χ4v) is 3.12. The van der Waals surface area contributed by atoms with Crippen molar-refractivity contribution in [2.24, 2.45) is 7.05 Å². The van der Waals surface area contributed by atoms with Crippen molar-refractivity contribution in [2.45, 2.75) is 38.8 Å². The fraction of sp³-hybridized carbons (Fsp3) is 0.700. The van der Waals surface area contributed by atoms with E-state index in [4.69, 9.17) is 0 Å². The van der Waals surface area contributed by atoms with Gasteiger partial charge in [0, 0.05) is 51.8 Å². The Bertz CT molecular complexity index is 368. The third-order valence-corrected chi connectivity index (χ3v) is 5.68. The molecule has 1 fully saturated rings. The van der Waals surface area contributed by atoms with Crippen LogP contribution in [0.15, 0.2) is 12.4 Å². The largest absolute Gasteiger partial charge is 0.185 e. The summed E-state index contributed by atoms with van der Waals surface area (Å²) in [5, 5.41) is 0. The van der Waals surface area contributed by atoms with Gasteiger partial charge in [-0.2, -0.15) is 1.33 Å². The van der Waals surface area contributed by atoms with Gasteiger partial charge in [0.1, 0.15) is 0 Å². The van der Waals surface area contributed by atoms with Crippen molar-refractivity contribution in [3.8, 4) is 0 Å². The van der Waals surface area contributed by atoms with Gasteiger partial charge in [0.15, 0.2) is 0 Å². The summed E-state index contributed by atoms with van der Waals surface area (Å²) < 4.78 is 7.82. The topological polar surface area (TPSA) is 13.1 Å². The summed E-state index contributed by atoms with van der Waals surface area (Å²) in [4.78, 5) is 0. The maximum absolute atomic E-state index is 2.34. The Labute approximate surface area is 136 Å². The van der Waals surface area contributed by atoms with E-state index in [1.165, 1.54) is 23.1 Å². The summed E-state index contributed by atoms with van der Waals surface area (Å²) in [6.07, 6.45) is 8.40. The smallest absolute Gasteiger partial charge is 0.0311 e. The molecule has 0 radical (unpaired) electrons. The molecular formula is C10H17I2N3Pt. The van der Waals surface area contributed by atoms with Crippen LogP contribution in [0.3, 0.4) is 0 Å². The second-order valence-corrected chi connectivity index (χ2v) is 8.72. The van der Waals surface area contributed by atoms with Crippen LogP contribution in [0.5, 0.6) is 0 Å². The molecule has 1 aliphatic carbocycles. The molecule has 3 nitrogen and oxygen atoms in total. The average molecular weight is 628 g/mol. The number of aromatic nitrogens is 2. The first-order valence-electron chi connectivity index (χ1n) is 5.34. The van der Waals surface area contributed by atoms with Crippen LogP contribution in [0.4, 0.5) is 0 Å². The molecule has 0 bridgehead atoms. The third-order valence-electron chi connectivity index (χ3n) is 2.65. The molecule has 0 N–H and O–H groups in total. The predicted molar refractivity (Wildman–Crippen MR) is 79.8 cm³/mol. The van der Waals surface area contributed by atoms with Gasteiger partial charge in [-0.3, -0.25) is 0 Å². The molecule has 0 saturated heterocycles. The minimum Gasteiger partial charge on any atom is -0.185 e. The molecule has 1 aliphatic rings. The van der Waals surface area contributed by atoms with Crippen LogP contribution in [0.25, 0.3) is 0 Å². The van der Waals surface area contributed by atoms with Crippen LogP contribution in [0.1, 0.15) is 26.2 Å².